The topological polar surface area (TPSA) is 238 Å². The van der Waals surface area contributed by atoms with Crippen LogP contribution in [0.4, 0.5) is 22.7 Å². The number of carbonyl (C=O) groups excluding carboxylic acids is 6. The van der Waals surface area contributed by atoms with E-state index in [0.717, 1.165) is 0 Å². The van der Waals surface area contributed by atoms with Gasteiger partial charge in [0.2, 0.25) is 11.8 Å². The molecule has 1 unspecified atom stereocenters. The number of hydrogen-bond donors (Lipinski definition) is 7. The molecule has 310 valence electrons. The van der Waals surface area contributed by atoms with E-state index in [-0.39, 0.29) is 91.2 Å². The third-order valence-corrected chi connectivity index (χ3v) is 9.91. The summed E-state index contributed by atoms with van der Waals surface area (Å²) in [5.74, 6) is -2.24. The number of rotatable bonds is 20. The van der Waals surface area contributed by atoms with Crippen LogP contribution in [-0.4, -0.2) is 116 Å². The van der Waals surface area contributed by atoms with Gasteiger partial charge in [0, 0.05) is 94.8 Å². The number of hydrogen-bond acceptors (Lipinski definition) is 11. The average Bonchev–Trinajstić information content (AvgIpc) is 3.47. The molecule has 0 bridgehead atoms. The van der Waals surface area contributed by atoms with Crippen molar-refractivity contribution in [1.82, 2.24) is 30.7 Å². The minimum Gasteiger partial charge on any atom is -0.398 e. The second-order valence-electron chi connectivity index (χ2n) is 14.1. The number of nitrogens with one attached hydrogen (secondary N) is 4. The first-order valence-corrected chi connectivity index (χ1v) is 19.5. The minimum absolute atomic E-state index is 0.103. The van der Waals surface area contributed by atoms with Crippen LogP contribution < -0.4 is 38.5 Å². The lowest BCUT2D eigenvalue weighted by molar-refractivity contribution is -0.139. The van der Waals surface area contributed by atoms with Gasteiger partial charge in [0.15, 0.2) is 0 Å². The van der Waals surface area contributed by atoms with Crippen LogP contribution in [0.1, 0.15) is 54.8 Å². The van der Waals surface area contributed by atoms with Gasteiger partial charge in [-0.05, 0) is 48.5 Å². The van der Waals surface area contributed by atoms with Gasteiger partial charge in [-0.15, -0.1) is 0 Å². The van der Waals surface area contributed by atoms with Crippen molar-refractivity contribution >= 4 is 58.2 Å². The van der Waals surface area contributed by atoms with Gasteiger partial charge in [0.25, 0.3) is 23.6 Å². The van der Waals surface area contributed by atoms with Gasteiger partial charge in [-0.3, -0.25) is 33.7 Å². The molecular weight excluding hydrogens is 753 g/mol. The van der Waals surface area contributed by atoms with Crippen molar-refractivity contribution in [3.05, 3.63) is 119 Å². The summed E-state index contributed by atoms with van der Waals surface area (Å²) in [6.07, 6.45) is 0.198. The highest BCUT2D eigenvalue weighted by atomic mass is 16.2. The molecule has 1 fully saturated rings. The molecule has 4 aromatic rings. The number of nitrogens with zero attached hydrogens (tertiary/aromatic N) is 3. The van der Waals surface area contributed by atoms with E-state index in [1.807, 2.05) is 0 Å². The van der Waals surface area contributed by atoms with Crippen LogP contribution in [0.2, 0.25) is 0 Å². The highest BCUT2D eigenvalue weighted by Crippen LogP contribution is 2.21. The number of benzene rings is 4. The van der Waals surface area contributed by atoms with Gasteiger partial charge in [-0.25, -0.2) is 0 Å². The fourth-order valence-electron chi connectivity index (χ4n) is 6.59. The predicted molar refractivity (Wildman–Crippen MR) is 227 cm³/mol. The van der Waals surface area contributed by atoms with Gasteiger partial charge < -0.3 is 48.3 Å². The van der Waals surface area contributed by atoms with E-state index >= 15 is 0 Å². The molecule has 6 amide bonds. The van der Waals surface area contributed by atoms with Crippen molar-refractivity contribution < 1.29 is 28.8 Å². The van der Waals surface area contributed by atoms with E-state index in [1.54, 1.807) is 114 Å². The molecule has 10 N–H and O–H groups in total. The molecule has 0 aromatic heterocycles. The third-order valence-electron chi connectivity index (χ3n) is 9.91. The van der Waals surface area contributed by atoms with Crippen LogP contribution >= 0.6 is 0 Å². The summed E-state index contributed by atoms with van der Waals surface area (Å²) in [5.41, 5.74) is 20.6. The molecular formula is C43H52N10O6. The summed E-state index contributed by atoms with van der Waals surface area (Å²) >= 11 is 0. The molecule has 0 aliphatic carbocycles. The van der Waals surface area contributed by atoms with Crippen molar-refractivity contribution in [3.8, 4) is 0 Å². The predicted octanol–water partition coefficient (Wildman–Crippen LogP) is 2.27. The Morgan fingerprint density at radius 3 is 1.61 bits per heavy atom. The first kappa shape index (κ1) is 43.3. The maximum Gasteiger partial charge on any atom is 0.257 e. The van der Waals surface area contributed by atoms with Crippen LogP contribution in [-0.2, 0) is 9.59 Å². The molecule has 4 aromatic carbocycles. The van der Waals surface area contributed by atoms with E-state index in [1.165, 1.54) is 4.90 Å². The molecule has 1 aliphatic heterocycles. The van der Waals surface area contributed by atoms with E-state index in [4.69, 9.17) is 17.2 Å². The van der Waals surface area contributed by atoms with Crippen LogP contribution in [0.3, 0.4) is 0 Å². The first-order chi connectivity index (χ1) is 28.5. The lowest BCUT2D eigenvalue weighted by atomic mass is 10.1. The Morgan fingerprint density at radius 2 is 1.07 bits per heavy atom. The number of nitrogen functional groups attached to an aromatic ring is 3. The van der Waals surface area contributed by atoms with Crippen molar-refractivity contribution in [2.75, 3.05) is 88.0 Å². The van der Waals surface area contributed by atoms with E-state index in [9.17, 15) is 28.8 Å². The molecule has 16 heteroatoms. The molecule has 0 radical (unpaired) electrons. The number of carbonyl (C=O) groups is 6. The van der Waals surface area contributed by atoms with Crippen molar-refractivity contribution in [2.45, 2.75) is 13.3 Å². The molecule has 59 heavy (non-hydrogen) atoms. The minimum atomic E-state index is -0.478. The number of amides is 6. The number of para-hydroxylation sites is 4. The lowest BCUT2D eigenvalue weighted by Gasteiger charge is -2.29. The Hall–Kier alpha value is -6.78. The Morgan fingerprint density at radius 1 is 0.593 bits per heavy atom. The largest absolute Gasteiger partial charge is 0.398 e. The highest BCUT2D eigenvalue weighted by Gasteiger charge is 2.35. The average molecular weight is 805 g/mol. The molecule has 16 nitrogen and oxygen atoms in total. The summed E-state index contributed by atoms with van der Waals surface area (Å²) in [4.78, 5) is 83.3. The molecule has 5 rings (SSSR count). The van der Waals surface area contributed by atoms with E-state index in [2.05, 4.69) is 21.3 Å². The van der Waals surface area contributed by atoms with Crippen LogP contribution in [0.25, 0.3) is 0 Å². The number of nitrogens with two attached hydrogens (primary N) is 3. The van der Waals surface area contributed by atoms with Gasteiger partial charge in [-0.1, -0.05) is 55.5 Å². The smallest absolute Gasteiger partial charge is 0.257 e. The summed E-state index contributed by atoms with van der Waals surface area (Å²) in [6.45, 7) is 4.29. The standard InChI is InChI=1S/C43H52N10O6/c1-29-28-38(54)53(41(29)57)25-22-48-21-24-51(42(58)32-12-4-8-16-36(32)46)26-27-52(23-20-47-18-19-49-39(55)30-10-2-6-14-34(30)44)43(59)33-13-5-9-17-37(33)50-40(56)31-11-3-7-15-35(31)45/h2-17,29,47-48H,18-28,44-46H2,1H3,(H,49,55)(H,50,56). The molecule has 1 heterocycles. The number of anilines is 4. The fourth-order valence-corrected chi connectivity index (χ4v) is 6.59. The van der Waals surface area contributed by atoms with Crippen LogP contribution in [0.5, 0.6) is 0 Å². The summed E-state index contributed by atoms with van der Waals surface area (Å²) in [7, 11) is 0. The molecule has 1 aliphatic rings. The number of imide groups is 1. The molecule has 1 atom stereocenters. The molecule has 0 spiro atoms. The lowest BCUT2D eigenvalue weighted by Crippen LogP contribution is -2.46. The fraction of sp³-hybridized carbons (Fsp3) is 0.302. The number of likely N-dealkylation sites (tertiary alicyclic amines) is 1. The summed E-state index contributed by atoms with van der Waals surface area (Å²) in [5, 5.41) is 12.2. The molecule has 1 saturated heterocycles. The maximum atomic E-state index is 14.4. The van der Waals surface area contributed by atoms with E-state index < -0.39 is 11.8 Å². The normalized spacial score (nSPS) is 13.6. The highest BCUT2D eigenvalue weighted by molar-refractivity contribution is 6.11. The van der Waals surface area contributed by atoms with Crippen molar-refractivity contribution in [3.63, 3.8) is 0 Å². The zero-order chi connectivity index (χ0) is 42.3. The Balaban J connectivity index is 1.29. The van der Waals surface area contributed by atoms with Gasteiger partial charge >= 0.3 is 0 Å². The quantitative estimate of drug-likeness (QED) is 0.0389. The van der Waals surface area contributed by atoms with Crippen molar-refractivity contribution in [2.24, 2.45) is 5.92 Å². The van der Waals surface area contributed by atoms with Gasteiger partial charge in [0.1, 0.15) is 0 Å². The Bertz CT molecular complexity index is 2150. The van der Waals surface area contributed by atoms with Crippen LogP contribution in [0.15, 0.2) is 97.1 Å². The van der Waals surface area contributed by atoms with Gasteiger partial charge in [0.05, 0.1) is 27.9 Å². The SMILES string of the molecule is CC1CC(=O)N(CCNCCN(CCN(CCNCCNC(=O)c2ccccc2N)C(=O)c2ccccc2NC(=O)c2ccccc2N)C(=O)c2ccccc2N)C1=O. The Kier molecular flexibility index (Phi) is 15.5. The third kappa shape index (κ3) is 11.6. The Labute approximate surface area is 343 Å². The van der Waals surface area contributed by atoms with E-state index in [0.29, 0.717) is 55.2 Å². The molecule has 0 saturated carbocycles. The monoisotopic (exact) mass is 804 g/mol. The second-order valence-corrected chi connectivity index (χ2v) is 14.1. The van der Waals surface area contributed by atoms with Crippen LogP contribution in [0, 0.1) is 5.92 Å². The first-order valence-electron chi connectivity index (χ1n) is 19.5. The zero-order valence-electron chi connectivity index (χ0n) is 33.1. The zero-order valence-corrected chi connectivity index (χ0v) is 33.1. The second kappa shape index (κ2) is 21.1. The van der Waals surface area contributed by atoms with Gasteiger partial charge in [-0.2, -0.15) is 0 Å². The summed E-state index contributed by atoms with van der Waals surface area (Å²) < 4.78 is 0. The van der Waals surface area contributed by atoms with Crippen molar-refractivity contribution in [1.29, 1.82) is 0 Å². The summed E-state index contributed by atoms with van der Waals surface area (Å²) in [6, 6.07) is 26.8. The maximum absolute atomic E-state index is 14.4.